The molecule has 8 nitrogen and oxygen atoms in total. The van der Waals surface area contributed by atoms with Gasteiger partial charge in [-0.3, -0.25) is 24.9 Å². The summed E-state index contributed by atoms with van der Waals surface area (Å²) in [4.78, 5) is 29.2. The van der Waals surface area contributed by atoms with Gasteiger partial charge < -0.3 is 0 Å². The van der Waals surface area contributed by atoms with Gasteiger partial charge in [0.25, 0.3) is 11.2 Å². The lowest BCUT2D eigenvalue weighted by Gasteiger charge is -2.09. The first-order valence-electron chi connectivity index (χ1n) is 9.74. The predicted octanol–water partition coefficient (Wildman–Crippen LogP) is 4.29. The number of hydrogen-bond acceptors (Lipinski definition) is 7. The molecule has 10 heteroatoms. The van der Waals surface area contributed by atoms with Gasteiger partial charge in [-0.25, -0.2) is 4.98 Å². The van der Waals surface area contributed by atoms with E-state index < -0.39 is 4.92 Å². The predicted molar refractivity (Wildman–Crippen MR) is 133 cm³/mol. The van der Waals surface area contributed by atoms with E-state index in [0.717, 1.165) is 17.3 Å². The minimum Gasteiger partial charge on any atom is -0.290 e. The van der Waals surface area contributed by atoms with Gasteiger partial charge in [0.2, 0.25) is 0 Å². The van der Waals surface area contributed by atoms with Gasteiger partial charge in [-0.15, -0.1) is 0 Å². The molecule has 0 aliphatic rings. The Morgan fingerprint density at radius 2 is 1.88 bits per heavy atom. The minimum atomic E-state index is -0.471. The topological polar surface area (TPSA) is 102 Å². The fraction of sp³-hybridized carbons (Fsp3) is 0.0435. The maximum absolute atomic E-state index is 12.6. The zero-order chi connectivity index (χ0) is 23.4. The zero-order valence-electron chi connectivity index (χ0n) is 17.3. The van der Waals surface area contributed by atoms with E-state index in [9.17, 15) is 14.9 Å². The van der Waals surface area contributed by atoms with Gasteiger partial charge in [0.15, 0.2) is 5.16 Å². The summed E-state index contributed by atoms with van der Waals surface area (Å²) in [5.74, 6) is 0. The number of rotatable bonds is 6. The molecule has 4 aromatic rings. The van der Waals surface area contributed by atoms with Crippen molar-refractivity contribution < 1.29 is 4.92 Å². The van der Waals surface area contributed by atoms with Crippen molar-refractivity contribution in [2.24, 2.45) is 12.1 Å². The highest BCUT2D eigenvalue weighted by molar-refractivity contribution is 7.99. The van der Waals surface area contributed by atoms with Crippen LogP contribution in [-0.4, -0.2) is 25.7 Å². The van der Waals surface area contributed by atoms with Crippen molar-refractivity contribution in [1.82, 2.24) is 15.0 Å². The average molecular weight is 476 g/mol. The Bertz CT molecular complexity index is 1450. The SMILES string of the molecule is Cn1c(Sc2ccc(/C=N\NC(=S)c3ccccc3)cc2[N+](=O)[O-])nc2ccccc2c1=O. The van der Waals surface area contributed by atoms with E-state index in [0.29, 0.717) is 31.5 Å². The number of benzene rings is 3. The van der Waals surface area contributed by atoms with Crippen molar-refractivity contribution in [2.75, 3.05) is 0 Å². The van der Waals surface area contributed by atoms with Crippen LogP contribution in [0.5, 0.6) is 0 Å². The van der Waals surface area contributed by atoms with Crippen LogP contribution in [0, 0.1) is 10.1 Å². The van der Waals surface area contributed by atoms with Crippen molar-refractivity contribution in [1.29, 1.82) is 0 Å². The minimum absolute atomic E-state index is 0.114. The second-order valence-corrected chi connectivity index (χ2v) is 8.34. The molecule has 3 aromatic carbocycles. The number of aromatic nitrogens is 2. The highest BCUT2D eigenvalue weighted by atomic mass is 32.2. The number of hydrogen-bond donors (Lipinski definition) is 1. The van der Waals surface area contributed by atoms with Crippen molar-refractivity contribution in [3.8, 4) is 0 Å². The molecule has 1 N–H and O–H groups in total. The summed E-state index contributed by atoms with van der Waals surface area (Å²) in [6, 6.07) is 21.1. The standard InChI is InChI=1S/C23H17N5O3S2/c1-27-22(29)17-9-5-6-10-18(17)25-23(27)33-20-12-11-15(13-19(20)28(30)31)14-24-26-21(32)16-7-3-2-4-8-16/h2-14H,1H3,(H,26,32)/b24-14-. The van der Waals surface area contributed by atoms with Gasteiger partial charge in [0.05, 0.1) is 26.9 Å². The molecule has 1 heterocycles. The summed E-state index contributed by atoms with van der Waals surface area (Å²) in [5, 5.41) is 16.7. The van der Waals surface area contributed by atoms with Gasteiger partial charge in [-0.1, -0.05) is 60.7 Å². The molecule has 0 saturated heterocycles. The van der Waals surface area contributed by atoms with Crippen molar-refractivity contribution in [2.45, 2.75) is 10.1 Å². The molecule has 0 amide bonds. The molecule has 0 unspecified atom stereocenters. The summed E-state index contributed by atoms with van der Waals surface area (Å²) in [5.41, 5.74) is 4.31. The molecule has 0 aliphatic heterocycles. The van der Waals surface area contributed by atoms with E-state index in [2.05, 4.69) is 15.5 Å². The van der Waals surface area contributed by atoms with Crippen LogP contribution in [0.1, 0.15) is 11.1 Å². The van der Waals surface area contributed by atoms with Crippen LogP contribution in [0.2, 0.25) is 0 Å². The fourth-order valence-corrected chi connectivity index (χ4v) is 4.17. The molecular weight excluding hydrogens is 458 g/mol. The Morgan fingerprint density at radius 3 is 2.64 bits per heavy atom. The molecule has 0 saturated carbocycles. The fourth-order valence-electron chi connectivity index (χ4n) is 3.05. The number of thiocarbonyl (C=S) groups is 1. The molecular formula is C23H17N5O3S2. The van der Waals surface area contributed by atoms with Gasteiger partial charge >= 0.3 is 0 Å². The first-order chi connectivity index (χ1) is 15.9. The molecule has 164 valence electrons. The van der Waals surface area contributed by atoms with Crippen molar-refractivity contribution in [3.63, 3.8) is 0 Å². The normalized spacial score (nSPS) is 11.1. The lowest BCUT2D eigenvalue weighted by atomic mass is 10.2. The average Bonchev–Trinajstić information content (AvgIpc) is 2.83. The second kappa shape index (κ2) is 9.72. The van der Waals surface area contributed by atoms with E-state index in [1.165, 1.54) is 16.8 Å². The first kappa shape index (κ1) is 22.3. The monoisotopic (exact) mass is 475 g/mol. The quantitative estimate of drug-likeness (QED) is 0.146. The Balaban J connectivity index is 1.59. The third kappa shape index (κ3) is 4.97. The van der Waals surface area contributed by atoms with Crippen LogP contribution in [0.15, 0.2) is 92.7 Å². The number of hydrazone groups is 1. The molecule has 0 fully saturated rings. The number of nitrogens with one attached hydrogen (secondary N) is 1. The van der Waals surface area contributed by atoms with Gasteiger partial charge in [-0.2, -0.15) is 5.10 Å². The molecule has 0 radical (unpaired) electrons. The van der Waals surface area contributed by atoms with Crippen LogP contribution >= 0.6 is 24.0 Å². The summed E-state index contributed by atoms with van der Waals surface area (Å²) < 4.78 is 1.39. The third-order valence-corrected chi connectivity index (χ3v) is 6.18. The number of nitrogens with zero attached hydrogens (tertiary/aromatic N) is 4. The van der Waals surface area contributed by atoms with Gasteiger partial charge in [0.1, 0.15) is 4.99 Å². The largest absolute Gasteiger partial charge is 0.290 e. The Morgan fingerprint density at radius 1 is 1.15 bits per heavy atom. The van der Waals surface area contributed by atoms with Crippen LogP contribution < -0.4 is 11.0 Å². The van der Waals surface area contributed by atoms with Crippen molar-refractivity contribution in [3.05, 3.63) is 104 Å². The Kier molecular flexibility index (Phi) is 6.57. The van der Waals surface area contributed by atoms with Crippen molar-refractivity contribution >= 4 is 51.8 Å². The summed E-state index contributed by atoms with van der Waals surface area (Å²) in [6.07, 6.45) is 1.46. The maximum atomic E-state index is 12.6. The van der Waals surface area contributed by atoms with Gasteiger partial charge in [-0.05, 0) is 30.0 Å². The zero-order valence-corrected chi connectivity index (χ0v) is 19.0. The van der Waals surface area contributed by atoms with Crippen LogP contribution in [-0.2, 0) is 7.05 Å². The van der Waals surface area contributed by atoms with Gasteiger partial charge in [0, 0.05) is 24.2 Å². The highest BCUT2D eigenvalue weighted by Crippen LogP contribution is 2.34. The Labute approximate surface area is 198 Å². The van der Waals surface area contributed by atoms with E-state index in [1.807, 2.05) is 30.3 Å². The Hall–Kier alpha value is -3.89. The van der Waals surface area contributed by atoms with E-state index in [-0.39, 0.29) is 11.2 Å². The molecule has 33 heavy (non-hydrogen) atoms. The lowest BCUT2D eigenvalue weighted by molar-refractivity contribution is -0.387. The smallest absolute Gasteiger partial charge is 0.283 e. The summed E-state index contributed by atoms with van der Waals surface area (Å²) in [7, 11) is 1.60. The van der Waals surface area contributed by atoms with Crippen LogP contribution in [0.4, 0.5) is 5.69 Å². The van der Waals surface area contributed by atoms with E-state index in [4.69, 9.17) is 12.2 Å². The maximum Gasteiger partial charge on any atom is 0.283 e. The number of nitro groups is 1. The molecule has 1 aromatic heterocycles. The highest BCUT2D eigenvalue weighted by Gasteiger charge is 2.18. The third-order valence-electron chi connectivity index (χ3n) is 4.74. The molecule has 0 aliphatic carbocycles. The second-order valence-electron chi connectivity index (χ2n) is 6.93. The molecule has 0 spiro atoms. The van der Waals surface area contributed by atoms with E-state index in [1.54, 1.807) is 43.4 Å². The first-order valence-corrected chi connectivity index (χ1v) is 11.0. The summed E-state index contributed by atoms with van der Waals surface area (Å²) in [6.45, 7) is 0. The lowest BCUT2D eigenvalue weighted by Crippen LogP contribution is -2.19. The molecule has 0 atom stereocenters. The molecule has 0 bridgehead atoms. The number of fused-ring (bicyclic) bond motifs is 1. The molecule has 4 rings (SSSR count). The van der Waals surface area contributed by atoms with Crippen LogP contribution in [0.3, 0.4) is 0 Å². The van der Waals surface area contributed by atoms with Crippen LogP contribution in [0.25, 0.3) is 10.9 Å². The number of para-hydroxylation sites is 1. The van der Waals surface area contributed by atoms with E-state index >= 15 is 0 Å². The summed E-state index contributed by atoms with van der Waals surface area (Å²) >= 11 is 6.34. The number of nitro benzene ring substituents is 1.